The molecule has 1 saturated heterocycles. The predicted octanol–water partition coefficient (Wildman–Crippen LogP) is 2.94. The number of halogens is 1. The number of carbonyl (C=O) groups excluding carboxylic acids is 1. The maximum Gasteiger partial charge on any atom is 0.219 e. The Labute approximate surface area is 123 Å². The van der Waals surface area contributed by atoms with Crippen LogP contribution in [0.3, 0.4) is 0 Å². The fraction of sp³-hybridized carbons (Fsp3) is 0.533. The van der Waals surface area contributed by atoms with Gasteiger partial charge in [-0.25, -0.2) is 0 Å². The van der Waals surface area contributed by atoms with Crippen molar-refractivity contribution in [1.82, 2.24) is 10.2 Å². The van der Waals surface area contributed by atoms with Crippen molar-refractivity contribution < 1.29 is 4.79 Å². The molecule has 1 aliphatic heterocycles. The van der Waals surface area contributed by atoms with E-state index in [2.05, 4.69) is 50.4 Å². The average molecular weight is 325 g/mol. The van der Waals surface area contributed by atoms with Gasteiger partial charge in [-0.2, -0.15) is 0 Å². The molecule has 1 heterocycles. The van der Waals surface area contributed by atoms with Crippen LogP contribution < -0.4 is 5.32 Å². The minimum atomic E-state index is 0.162. The van der Waals surface area contributed by atoms with E-state index < -0.39 is 0 Å². The molecule has 0 bridgehead atoms. The summed E-state index contributed by atoms with van der Waals surface area (Å²) in [4.78, 5) is 13.9. The Morgan fingerprint density at radius 3 is 2.84 bits per heavy atom. The first-order valence-corrected chi connectivity index (χ1v) is 7.73. The zero-order valence-corrected chi connectivity index (χ0v) is 12.9. The van der Waals surface area contributed by atoms with Crippen molar-refractivity contribution in [2.75, 3.05) is 13.1 Å². The molecule has 1 amide bonds. The summed E-state index contributed by atoms with van der Waals surface area (Å²) in [5, 5.41) is 3.11. The second kappa shape index (κ2) is 7.06. The molecule has 1 unspecified atom stereocenters. The van der Waals surface area contributed by atoms with Gasteiger partial charge in [-0.3, -0.25) is 9.69 Å². The quantitative estimate of drug-likeness (QED) is 0.923. The molecule has 1 aromatic carbocycles. The predicted molar refractivity (Wildman–Crippen MR) is 80.9 cm³/mol. The van der Waals surface area contributed by atoms with Crippen LogP contribution in [0.15, 0.2) is 28.7 Å². The largest absolute Gasteiger partial charge is 0.352 e. The lowest BCUT2D eigenvalue weighted by Gasteiger charge is -2.33. The third-order valence-electron chi connectivity index (χ3n) is 3.51. The summed E-state index contributed by atoms with van der Waals surface area (Å²) in [6, 6.07) is 8.78. The van der Waals surface area contributed by atoms with Gasteiger partial charge in [0.05, 0.1) is 0 Å². The van der Waals surface area contributed by atoms with E-state index in [1.54, 1.807) is 0 Å². The van der Waals surface area contributed by atoms with Gasteiger partial charge in [-0.1, -0.05) is 35.0 Å². The van der Waals surface area contributed by atoms with E-state index >= 15 is 0 Å². The molecule has 1 aromatic rings. The molecule has 2 rings (SSSR count). The van der Waals surface area contributed by atoms with Crippen molar-refractivity contribution in [2.24, 2.45) is 0 Å². The number of amides is 1. The number of piperidine rings is 1. The first kappa shape index (κ1) is 14.5. The summed E-state index contributed by atoms with van der Waals surface area (Å²) in [5.41, 5.74) is 1.32. The molecular formula is C15H21BrN2O. The molecule has 0 aromatic heterocycles. The highest BCUT2D eigenvalue weighted by Crippen LogP contribution is 2.16. The van der Waals surface area contributed by atoms with E-state index in [0.29, 0.717) is 12.5 Å². The van der Waals surface area contributed by atoms with Crippen LogP contribution in [0.2, 0.25) is 0 Å². The van der Waals surface area contributed by atoms with Crippen LogP contribution in [0, 0.1) is 0 Å². The van der Waals surface area contributed by atoms with Gasteiger partial charge in [-0.05, 0) is 37.1 Å². The zero-order valence-electron chi connectivity index (χ0n) is 11.4. The summed E-state index contributed by atoms with van der Waals surface area (Å²) >= 11 is 3.45. The van der Waals surface area contributed by atoms with Crippen molar-refractivity contribution in [3.63, 3.8) is 0 Å². The minimum Gasteiger partial charge on any atom is -0.352 e. The summed E-state index contributed by atoms with van der Waals surface area (Å²) < 4.78 is 1.11. The van der Waals surface area contributed by atoms with Gasteiger partial charge in [0.15, 0.2) is 0 Å². The molecule has 1 N–H and O–H groups in total. The summed E-state index contributed by atoms with van der Waals surface area (Å²) in [7, 11) is 0. The fourth-order valence-corrected chi connectivity index (χ4v) is 2.76. The molecule has 0 radical (unpaired) electrons. The number of hydrogen-bond donors (Lipinski definition) is 1. The summed E-state index contributed by atoms with van der Waals surface area (Å²) in [6.07, 6.45) is 2.83. The monoisotopic (exact) mass is 324 g/mol. The van der Waals surface area contributed by atoms with E-state index in [0.717, 1.165) is 36.9 Å². The number of rotatable bonds is 4. The fourth-order valence-electron chi connectivity index (χ4n) is 2.49. The molecule has 1 fully saturated rings. The second-order valence-electron chi connectivity index (χ2n) is 5.12. The van der Waals surface area contributed by atoms with Crippen LogP contribution in [0.5, 0.6) is 0 Å². The highest BCUT2D eigenvalue weighted by atomic mass is 79.9. The Balaban J connectivity index is 1.87. The molecule has 0 spiro atoms. The molecule has 0 aliphatic carbocycles. The number of nitrogens with one attached hydrogen (secondary N) is 1. The number of nitrogens with zero attached hydrogens (tertiary/aromatic N) is 1. The third kappa shape index (κ3) is 4.62. The number of carbonyl (C=O) groups is 1. The molecule has 3 nitrogen and oxygen atoms in total. The Hall–Kier alpha value is -0.870. The normalized spacial score (nSPS) is 20.2. The van der Waals surface area contributed by atoms with E-state index in [9.17, 15) is 4.79 Å². The Morgan fingerprint density at radius 1 is 1.42 bits per heavy atom. The molecule has 19 heavy (non-hydrogen) atoms. The van der Waals surface area contributed by atoms with Crippen LogP contribution in [-0.2, 0) is 11.3 Å². The summed E-state index contributed by atoms with van der Waals surface area (Å²) in [6.45, 7) is 4.94. The van der Waals surface area contributed by atoms with Gasteiger partial charge < -0.3 is 5.32 Å². The van der Waals surface area contributed by atoms with E-state index in [-0.39, 0.29) is 5.91 Å². The number of hydrogen-bond acceptors (Lipinski definition) is 2. The first-order chi connectivity index (χ1) is 9.17. The highest BCUT2D eigenvalue weighted by molar-refractivity contribution is 9.10. The van der Waals surface area contributed by atoms with Crippen molar-refractivity contribution >= 4 is 21.8 Å². The number of benzene rings is 1. The average Bonchev–Trinajstić information content (AvgIpc) is 2.42. The van der Waals surface area contributed by atoms with Crippen LogP contribution in [-0.4, -0.2) is 29.9 Å². The van der Waals surface area contributed by atoms with E-state index in [1.807, 2.05) is 6.92 Å². The standard InChI is InChI=1S/C15H21BrN2O/c1-2-15(19)17-14-4-3-9-18(11-14)10-12-5-7-13(16)8-6-12/h5-8,14H,2-4,9-11H2,1H3,(H,17,19). The molecule has 4 heteroatoms. The van der Waals surface area contributed by atoms with Gasteiger partial charge in [0.25, 0.3) is 0 Å². The van der Waals surface area contributed by atoms with Crippen molar-refractivity contribution in [1.29, 1.82) is 0 Å². The molecule has 1 aliphatic rings. The van der Waals surface area contributed by atoms with Gasteiger partial charge >= 0.3 is 0 Å². The maximum absolute atomic E-state index is 11.4. The lowest BCUT2D eigenvalue weighted by Crippen LogP contribution is -2.47. The van der Waals surface area contributed by atoms with Gasteiger partial charge in [-0.15, -0.1) is 0 Å². The lowest BCUT2D eigenvalue weighted by molar-refractivity contribution is -0.121. The van der Waals surface area contributed by atoms with Gasteiger partial charge in [0, 0.05) is 30.0 Å². The smallest absolute Gasteiger partial charge is 0.219 e. The molecular weight excluding hydrogens is 304 g/mol. The van der Waals surface area contributed by atoms with Crippen LogP contribution in [0.1, 0.15) is 31.7 Å². The maximum atomic E-state index is 11.4. The zero-order chi connectivity index (χ0) is 13.7. The molecule has 0 saturated carbocycles. The Bertz CT molecular complexity index is 419. The highest BCUT2D eigenvalue weighted by Gasteiger charge is 2.20. The van der Waals surface area contributed by atoms with Crippen LogP contribution in [0.4, 0.5) is 0 Å². The van der Waals surface area contributed by atoms with Crippen LogP contribution in [0.25, 0.3) is 0 Å². The van der Waals surface area contributed by atoms with Crippen molar-refractivity contribution in [3.8, 4) is 0 Å². The molecule has 104 valence electrons. The minimum absolute atomic E-state index is 0.162. The van der Waals surface area contributed by atoms with E-state index in [4.69, 9.17) is 0 Å². The SMILES string of the molecule is CCC(=O)NC1CCCN(Cc2ccc(Br)cc2)C1. The Kier molecular flexibility index (Phi) is 5.40. The van der Waals surface area contributed by atoms with Crippen molar-refractivity contribution in [3.05, 3.63) is 34.3 Å². The lowest BCUT2D eigenvalue weighted by atomic mass is 10.0. The summed E-state index contributed by atoms with van der Waals surface area (Å²) in [5.74, 6) is 0.162. The Morgan fingerprint density at radius 2 is 2.16 bits per heavy atom. The second-order valence-corrected chi connectivity index (χ2v) is 6.04. The first-order valence-electron chi connectivity index (χ1n) is 6.93. The van der Waals surface area contributed by atoms with Crippen molar-refractivity contribution in [2.45, 2.75) is 38.8 Å². The number of likely N-dealkylation sites (tertiary alicyclic amines) is 1. The molecule has 1 atom stereocenters. The van der Waals surface area contributed by atoms with E-state index in [1.165, 1.54) is 5.56 Å². The third-order valence-corrected chi connectivity index (χ3v) is 4.04. The topological polar surface area (TPSA) is 32.3 Å². The van der Waals surface area contributed by atoms with Gasteiger partial charge in [0.2, 0.25) is 5.91 Å². The van der Waals surface area contributed by atoms with Crippen LogP contribution >= 0.6 is 15.9 Å². The van der Waals surface area contributed by atoms with Gasteiger partial charge in [0.1, 0.15) is 0 Å².